The minimum Gasteiger partial charge on any atom is -0.387 e. The zero-order chi connectivity index (χ0) is 15.0. The van der Waals surface area contributed by atoms with Crippen molar-refractivity contribution >= 4 is 16.6 Å². The summed E-state index contributed by atoms with van der Waals surface area (Å²) in [6.07, 6.45) is 0. The molecule has 1 N–H and O–H groups in total. The predicted octanol–water partition coefficient (Wildman–Crippen LogP) is 4.70. The first-order valence-corrected chi connectivity index (χ1v) is 6.95. The normalized spacial score (nSPS) is 10.9. The Morgan fingerprint density at radius 2 is 1.76 bits per heavy atom. The number of hydrogen-bond donors (Lipinski definition) is 1. The van der Waals surface area contributed by atoms with E-state index in [1.807, 2.05) is 51.2 Å². The Hall–Kier alpha value is -2.42. The summed E-state index contributed by atoms with van der Waals surface area (Å²) in [4.78, 5) is 4.79. The average Bonchev–Trinajstić information content (AvgIpc) is 2.47. The monoisotopic (exact) mass is 280 g/mol. The summed E-state index contributed by atoms with van der Waals surface area (Å²) in [7, 11) is 1.86. The first-order valence-electron chi connectivity index (χ1n) is 6.95. The van der Waals surface area contributed by atoms with E-state index in [9.17, 15) is 4.39 Å². The van der Waals surface area contributed by atoms with Crippen LogP contribution in [0.2, 0.25) is 0 Å². The van der Waals surface area contributed by atoms with Crippen molar-refractivity contribution in [2.24, 2.45) is 0 Å². The van der Waals surface area contributed by atoms with Crippen LogP contribution in [0.4, 0.5) is 10.1 Å². The van der Waals surface area contributed by atoms with Gasteiger partial charge in [0.05, 0.1) is 11.2 Å². The van der Waals surface area contributed by atoms with Crippen molar-refractivity contribution in [3.63, 3.8) is 0 Å². The van der Waals surface area contributed by atoms with Gasteiger partial charge < -0.3 is 5.32 Å². The molecule has 0 aliphatic rings. The van der Waals surface area contributed by atoms with E-state index >= 15 is 0 Å². The maximum Gasteiger partial charge on any atom is 0.124 e. The Balaban J connectivity index is 2.41. The average molecular weight is 280 g/mol. The van der Waals surface area contributed by atoms with E-state index < -0.39 is 0 Å². The lowest BCUT2D eigenvalue weighted by Gasteiger charge is -2.15. The van der Waals surface area contributed by atoms with Crippen LogP contribution < -0.4 is 5.32 Å². The maximum atomic E-state index is 13.7. The molecule has 0 atom stereocenters. The number of halogens is 1. The minimum atomic E-state index is -0.231. The zero-order valence-electron chi connectivity index (χ0n) is 12.4. The second-order valence-electron chi connectivity index (χ2n) is 5.20. The molecule has 1 heterocycles. The standard InChI is InChI=1S/C18H17FN2/c1-11-9-14(19)10-15-16(11)21-17(12(2)18(15)20-3)13-7-5-4-6-8-13/h4-10H,1-3H3,(H,20,21). The Labute approximate surface area is 123 Å². The Kier molecular flexibility index (Phi) is 3.34. The molecule has 21 heavy (non-hydrogen) atoms. The molecule has 1 aromatic heterocycles. The van der Waals surface area contributed by atoms with Gasteiger partial charge in [-0.25, -0.2) is 9.37 Å². The van der Waals surface area contributed by atoms with Crippen LogP contribution in [0.25, 0.3) is 22.2 Å². The molecular formula is C18H17FN2. The van der Waals surface area contributed by atoms with E-state index in [2.05, 4.69) is 5.32 Å². The number of nitrogens with zero attached hydrogens (tertiary/aromatic N) is 1. The van der Waals surface area contributed by atoms with Gasteiger partial charge in [-0.1, -0.05) is 30.3 Å². The molecule has 3 aromatic rings. The summed E-state index contributed by atoms with van der Waals surface area (Å²) in [5, 5.41) is 4.02. The second kappa shape index (κ2) is 5.17. The summed E-state index contributed by atoms with van der Waals surface area (Å²) in [6, 6.07) is 13.1. The third kappa shape index (κ3) is 2.25. The highest BCUT2D eigenvalue weighted by Gasteiger charge is 2.14. The van der Waals surface area contributed by atoms with Crippen molar-refractivity contribution in [2.75, 3.05) is 12.4 Å². The third-order valence-corrected chi connectivity index (χ3v) is 3.79. The molecule has 0 radical (unpaired) electrons. The van der Waals surface area contributed by atoms with Crippen molar-refractivity contribution < 1.29 is 4.39 Å². The van der Waals surface area contributed by atoms with Crippen LogP contribution in [-0.2, 0) is 0 Å². The fourth-order valence-corrected chi connectivity index (χ4v) is 2.79. The van der Waals surface area contributed by atoms with Gasteiger partial charge in [-0.05, 0) is 37.1 Å². The number of aromatic nitrogens is 1. The number of anilines is 1. The van der Waals surface area contributed by atoms with Crippen LogP contribution in [-0.4, -0.2) is 12.0 Å². The van der Waals surface area contributed by atoms with Gasteiger partial charge in [0.25, 0.3) is 0 Å². The number of aryl methyl sites for hydroxylation is 1. The number of rotatable bonds is 2. The third-order valence-electron chi connectivity index (χ3n) is 3.79. The van der Waals surface area contributed by atoms with E-state index in [1.54, 1.807) is 6.07 Å². The first-order chi connectivity index (χ1) is 10.1. The summed E-state index contributed by atoms with van der Waals surface area (Å²) < 4.78 is 13.7. The van der Waals surface area contributed by atoms with Crippen LogP contribution in [0, 0.1) is 19.7 Å². The number of pyridine rings is 1. The van der Waals surface area contributed by atoms with Crippen LogP contribution in [0.3, 0.4) is 0 Å². The maximum absolute atomic E-state index is 13.7. The van der Waals surface area contributed by atoms with Crippen molar-refractivity contribution in [1.29, 1.82) is 0 Å². The molecule has 106 valence electrons. The quantitative estimate of drug-likeness (QED) is 0.736. The fraction of sp³-hybridized carbons (Fsp3) is 0.167. The van der Waals surface area contributed by atoms with Crippen molar-refractivity contribution in [3.8, 4) is 11.3 Å². The summed E-state index contributed by atoms with van der Waals surface area (Å²) >= 11 is 0. The lowest BCUT2D eigenvalue weighted by Crippen LogP contribution is -2.00. The highest BCUT2D eigenvalue weighted by Crippen LogP contribution is 2.34. The van der Waals surface area contributed by atoms with Gasteiger partial charge in [0.1, 0.15) is 5.82 Å². The Morgan fingerprint density at radius 1 is 1.05 bits per heavy atom. The van der Waals surface area contributed by atoms with Crippen LogP contribution in [0.15, 0.2) is 42.5 Å². The first kappa shape index (κ1) is 13.6. The molecule has 0 amide bonds. The Morgan fingerprint density at radius 3 is 2.43 bits per heavy atom. The lowest BCUT2D eigenvalue weighted by atomic mass is 10.00. The van der Waals surface area contributed by atoms with Crippen LogP contribution in [0.5, 0.6) is 0 Å². The smallest absolute Gasteiger partial charge is 0.124 e. The van der Waals surface area contributed by atoms with Crippen LogP contribution >= 0.6 is 0 Å². The van der Waals surface area contributed by atoms with Gasteiger partial charge in [0.15, 0.2) is 0 Å². The van der Waals surface area contributed by atoms with Crippen molar-refractivity contribution in [3.05, 3.63) is 59.4 Å². The van der Waals surface area contributed by atoms with Gasteiger partial charge in [0.2, 0.25) is 0 Å². The number of fused-ring (bicyclic) bond motifs is 1. The van der Waals surface area contributed by atoms with Gasteiger partial charge in [0, 0.05) is 23.7 Å². The molecule has 0 saturated heterocycles. The largest absolute Gasteiger partial charge is 0.387 e. The fourth-order valence-electron chi connectivity index (χ4n) is 2.79. The van der Waals surface area contributed by atoms with Gasteiger partial charge >= 0.3 is 0 Å². The molecule has 3 rings (SSSR count). The second-order valence-corrected chi connectivity index (χ2v) is 5.20. The molecule has 2 nitrogen and oxygen atoms in total. The molecule has 0 aliphatic carbocycles. The minimum absolute atomic E-state index is 0.231. The number of hydrogen-bond acceptors (Lipinski definition) is 2. The molecule has 0 aliphatic heterocycles. The molecule has 0 saturated carbocycles. The topological polar surface area (TPSA) is 24.9 Å². The molecule has 0 fully saturated rings. The SMILES string of the molecule is CNc1c(C)c(-c2ccccc2)nc2c(C)cc(F)cc12. The van der Waals surface area contributed by atoms with E-state index in [0.29, 0.717) is 0 Å². The van der Waals surface area contributed by atoms with Crippen LogP contribution in [0.1, 0.15) is 11.1 Å². The molecule has 0 spiro atoms. The Bertz CT molecular complexity index is 811. The van der Waals surface area contributed by atoms with E-state index in [0.717, 1.165) is 39.0 Å². The van der Waals surface area contributed by atoms with E-state index in [4.69, 9.17) is 4.98 Å². The summed E-state index contributed by atoms with van der Waals surface area (Å²) in [6.45, 7) is 3.91. The van der Waals surface area contributed by atoms with E-state index in [-0.39, 0.29) is 5.82 Å². The number of benzene rings is 2. The van der Waals surface area contributed by atoms with Gasteiger partial charge in [-0.15, -0.1) is 0 Å². The summed E-state index contributed by atoms with van der Waals surface area (Å²) in [5.41, 5.74) is 5.64. The molecule has 0 bridgehead atoms. The van der Waals surface area contributed by atoms with E-state index in [1.165, 1.54) is 6.07 Å². The molecule has 2 aromatic carbocycles. The highest BCUT2D eigenvalue weighted by molar-refractivity contribution is 5.97. The highest BCUT2D eigenvalue weighted by atomic mass is 19.1. The number of nitrogens with one attached hydrogen (secondary N) is 1. The van der Waals surface area contributed by atoms with Gasteiger partial charge in [-0.2, -0.15) is 0 Å². The van der Waals surface area contributed by atoms with Crippen molar-refractivity contribution in [1.82, 2.24) is 4.98 Å². The summed E-state index contributed by atoms with van der Waals surface area (Å²) in [5.74, 6) is -0.231. The van der Waals surface area contributed by atoms with Crippen molar-refractivity contribution in [2.45, 2.75) is 13.8 Å². The van der Waals surface area contributed by atoms with Gasteiger partial charge in [-0.3, -0.25) is 0 Å². The zero-order valence-corrected chi connectivity index (χ0v) is 12.4. The lowest BCUT2D eigenvalue weighted by molar-refractivity contribution is 0.628. The predicted molar refractivity (Wildman–Crippen MR) is 86.2 cm³/mol. The molecule has 0 unspecified atom stereocenters. The molecule has 3 heteroatoms. The molecular weight excluding hydrogens is 263 g/mol.